The molecule has 2 N–H and O–H groups in total. The zero-order chi connectivity index (χ0) is 11.6. The summed E-state index contributed by atoms with van der Waals surface area (Å²) < 4.78 is 0. The largest absolute Gasteiger partial charge is 0.340 e. The van der Waals surface area contributed by atoms with Crippen LogP contribution in [-0.2, 0) is 4.79 Å². The maximum Gasteiger partial charge on any atom is 0.227 e. The van der Waals surface area contributed by atoms with Gasteiger partial charge in [0.05, 0.1) is 5.92 Å². The molecule has 1 saturated heterocycles. The van der Waals surface area contributed by atoms with Gasteiger partial charge in [-0.05, 0) is 20.9 Å². The Balaban J connectivity index is 2.54. The molecule has 1 aliphatic rings. The number of carbonyl (C=O) groups excluding carboxylic acids is 1. The molecule has 0 aromatic heterocycles. The van der Waals surface area contributed by atoms with Gasteiger partial charge in [0, 0.05) is 31.7 Å². The van der Waals surface area contributed by atoms with Crippen LogP contribution in [0.25, 0.3) is 0 Å². The SMILES string of the molecule is CC(N)C(C)C(=O)N1CCN(C)C(C)C1. The average Bonchev–Trinajstić information content (AvgIpc) is 2.19. The fourth-order valence-electron chi connectivity index (χ4n) is 1.76. The Bertz CT molecular complexity index is 230. The molecule has 3 unspecified atom stereocenters. The summed E-state index contributed by atoms with van der Waals surface area (Å²) >= 11 is 0. The molecule has 1 rings (SSSR count). The van der Waals surface area contributed by atoms with Crippen molar-refractivity contribution in [2.75, 3.05) is 26.7 Å². The molecule has 0 bridgehead atoms. The summed E-state index contributed by atoms with van der Waals surface area (Å²) in [6, 6.07) is 0.385. The second-order valence-electron chi connectivity index (χ2n) is 4.76. The van der Waals surface area contributed by atoms with Gasteiger partial charge in [-0.1, -0.05) is 6.92 Å². The van der Waals surface area contributed by atoms with E-state index in [1.54, 1.807) is 0 Å². The van der Waals surface area contributed by atoms with Crippen molar-refractivity contribution < 1.29 is 4.79 Å². The van der Waals surface area contributed by atoms with Gasteiger partial charge in [0.1, 0.15) is 0 Å². The Morgan fingerprint density at radius 3 is 2.47 bits per heavy atom. The van der Waals surface area contributed by atoms with Crippen LogP contribution in [0.15, 0.2) is 0 Å². The number of hydrogen-bond donors (Lipinski definition) is 1. The van der Waals surface area contributed by atoms with Crippen molar-refractivity contribution in [2.45, 2.75) is 32.9 Å². The lowest BCUT2D eigenvalue weighted by atomic mass is 10.0. The summed E-state index contributed by atoms with van der Waals surface area (Å²) in [6.45, 7) is 8.57. The molecular weight excluding hydrogens is 190 g/mol. The highest BCUT2D eigenvalue weighted by Gasteiger charge is 2.28. The fraction of sp³-hybridized carbons (Fsp3) is 0.909. The van der Waals surface area contributed by atoms with Crippen molar-refractivity contribution in [2.24, 2.45) is 11.7 Å². The molecule has 1 amide bonds. The number of likely N-dealkylation sites (N-methyl/N-ethyl adjacent to an activating group) is 1. The van der Waals surface area contributed by atoms with Crippen LogP contribution in [0, 0.1) is 5.92 Å². The molecule has 1 fully saturated rings. The van der Waals surface area contributed by atoms with Gasteiger partial charge in [0.15, 0.2) is 0 Å². The average molecular weight is 213 g/mol. The third-order valence-corrected chi connectivity index (χ3v) is 3.45. The molecule has 0 radical (unpaired) electrons. The number of nitrogens with zero attached hydrogens (tertiary/aromatic N) is 2. The first-order chi connectivity index (χ1) is 6.93. The smallest absolute Gasteiger partial charge is 0.227 e. The van der Waals surface area contributed by atoms with Crippen molar-refractivity contribution in [1.82, 2.24) is 9.80 Å². The molecule has 0 aromatic rings. The second kappa shape index (κ2) is 4.94. The van der Waals surface area contributed by atoms with Gasteiger partial charge in [0.2, 0.25) is 5.91 Å². The highest BCUT2D eigenvalue weighted by molar-refractivity contribution is 5.79. The van der Waals surface area contributed by atoms with Crippen molar-refractivity contribution in [3.8, 4) is 0 Å². The van der Waals surface area contributed by atoms with Crippen LogP contribution in [0.4, 0.5) is 0 Å². The van der Waals surface area contributed by atoms with E-state index in [2.05, 4.69) is 18.9 Å². The summed E-state index contributed by atoms with van der Waals surface area (Å²) in [4.78, 5) is 16.2. The zero-order valence-electron chi connectivity index (χ0n) is 10.2. The monoisotopic (exact) mass is 213 g/mol. The Hall–Kier alpha value is -0.610. The molecule has 0 aliphatic carbocycles. The third kappa shape index (κ3) is 2.92. The van der Waals surface area contributed by atoms with Crippen molar-refractivity contribution in [3.63, 3.8) is 0 Å². The Morgan fingerprint density at radius 2 is 2.00 bits per heavy atom. The van der Waals surface area contributed by atoms with Crippen LogP contribution in [0.1, 0.15) is 20.8 Å². The number of carbonyl (C=O) groups is 1. The van der Waals surface area contributed by atoms with E-state index in [0.29, 0.717) is 6.04 Å². The lowest BCUT2D eigenvalue weighted by Gasteiger charge is -2.39. The van der Waals surface area contributed by atoms with Crippen LogP contribution < -0.4 is 5.73 Å². The first kappa shape index (κ1) is 12.5. The number of hydrogen-bond acceptors (Lipinski definition) is 3. The zero-order valence-corrected chi connectivity index (χ0v) is 10.2. The van der Waals surface area contributed by atoms with E-state index < -0.39 is 0 Å². The standard InChI is InChI=1S/C11H23N3O/c1-8-7-14(6-5-13(8)4)11(15)9(2)10(3)12/h8-10H,5-7,12H2,1-4H3. The Labute approximate surface area is 92.4 Å². The van der Waals surface area contributed by atoms with Gasteiger partial charge in [-0.25, -0.2) is 0 Å². The molecule has 0 aromatic carbocycles. The van der Waals surface area contributed by atoms with Crippen LogP contribution in [0.5, 0.6) is 0 Å². The van der Waals surface area contributed by atoms with Crippen LogP contribution in [0.2, 0.25) is 0 Å². The van der Waals surface area contributed by atoms with Crippen molar-refractivity contribution >= 4 is 5.91 Å². The van der Waals surface area contributed by atoms with Crippen molar-refractivity contribution in [1.29, 1.82) is 0 Å². The maximum absolute atomic E-state index is 12.0. The van der Waals surface area contributed by atoms with Gasteiger partial charge >= 0.3 is 0 Å². The topological polar surface area (TPSA) is 49.6 Å². The third-order valence-electron chi connectivity index (χ3n) is 3.45. The Kier molecular flexibility index (Phi) is 4.11. The van der Waals surface area contributed by atoms with E-state index in [1.807, 2.05) is 18.7 Å². The molecule has 4 heteroatoms. The van der Waals surface area contributed by atoms with E-state index in [9.17, 15) is 4.79 Å². The second-order valence-corrected chi connectivity index (χ2v) is 4.76. The molecule has 0 spiro atoms. The minimum Gasteiger partial charge on any atom is -0.340 e. The van der Waals surface area contributed by atoms with Crippen LogP contribution in [-0.4, -0.2) is 54.5 Å². The first-order valence-corrected chi connectivity index (χ1v) is 5.68. The van der Waals surface area contributed by atoms with Gasteiger partial charge in [-0.3, -0.25) is 4.79 Å². The van der Waals surface area contributed by atoms with Gasteiger partial charge in [0.25, 0.3) is 0 Å². The van der Waals surface area contributed by atoms with E-state index in [1.165, 1.54) is 0 Å². The van der Waals surface area contributed by atoms with E-state index in [-0.39, 0.29) is 17.9 Å². The molecule has 4 nitrogen and oxygen atoms in total. The summed E-state index contributed by atoms with van der Waals surface area (Å²) in [5.74, 6) is 0.130. The number of nitrogens with two attached hydrogens (primary N) is 1. The molecular formula is C11H23N3O. The highest BCUT2D eigenvalue weighted by Crippen LogP contribution is 2.12. The highest BCUT2D eigenvalue weighted by atomic mass is 16.2. The summed E-state index contributed by atoms with van der Waals surface area (Å²) in [5.41, 5.74) is 5.75. The maximum atomic E-state index is 12.0. The Morgan fingerprint density at radius 1 is 1.40 bits per heavy atom. The molecule has 15 heavy (non-hydrogen) atoms. The van der Waals surface area contributed by atoms with E-state index in [0.717, 1.165) is 19.6 Å². The molecule has 3 atom stereocenters. The predicted octanol–water partition coefficient (Wildman–Crippen LogP) is 0.132. The molecule has 88 valence electrons. The summed E-state index contributed by atoms with van der Waals surface area (Å²) in [6.07, 6.45) is 0. The fourth-order valence-corrected chi connectivity index (χ4v) is 1.76. The summed E-state index contributed by atoms with van der Waals surface area (Å²) in [7, 11) is 2.10. The normalized spacial score (nSPS) is 27.5. The van der Waals surface area contributed by atoms with Gasteiger partial charge in [-0.2, -0.15) is 0 Å². The lowest BCUT2D eigenvalue weighted by Crippen LogP contribution is -2.54. The first-order valence-electron chi connectivity index (χ1n) is 5.68. The van der Waals surface area contributed by atoms with Crippen LogP contribution in [0.3, 0.4) is 0 Å². The molecule has 1 aliphatic heterocycles. The minimum absolute atomic E-state index is 0.0625. The minimum atomic E-state index is -0.0689. The van der Waals surface area contributed by atoms with Gasteiger partial charge < -0.3 is 15.5 Å². The summed E-state index contributed by atoms with van der Waals surface area (Å²) in [5, 5.41) is 0. The van der Waals surface area contributed by atoms with Gasteiger partial charge in [-0.15, -0.1) is 0 Å². The van der Waals surface area contributed by atoms with E-state index in [4.69, 9.17) is 5.73 Å². The van der Waals surface area contributed by atoms with E-state index >= 15 is 0 Å². The quantitative estimate of drug-likeness (QED) is 0.709. The molecule has 1 heterocycles. The molecule has 0 saturated carbocycles. The van der Waals surface area contributed by atoms with Crippen LogP contribution >= 0.6 is 0 Å². The number of rotatable bonds is 2. The predicted molar refractivity (Wildman–Crippen MR) is 61.5 cm³/mol. The lowest BCUT2D eigenvalue weighted by molar-refractivity contribution is -0.138. The number of piperazine rings is 1. The number of amides is 1. The van der Waals surface area contributed by atoms with Crippen molar-refractivity contribution in [3.05, 3.63) is 0 Å².